The van der Waals surface area contributed by atoms with Crippen molar-refractivity contribution in [2.24, 2.45) is 0 Å². The van der Waals surface area contributed by atoms with Crippen LogP contribution < -0.4 is 4.74 Å². The highest BCUT2D eigenvalue weighted by molar-refractivity contribution is 6.31. The van der Waals surface area contributed by atoms with Crippen molar-refractivity contribution in [3.05, 3.63) is 104 Å². The summed E-state index contributed by atoms with van der Waals surface area (Å²) in [5.74, 6) is 0.555. The highest BCUT2D eigenvalue weighted by Crippen LogP contribution is 2.24. The van der Waals surface area contributed by atoms with Crippen LogP contribution in [0.1, 0.15) is 27.0 Å². The van der Waals surface area contributed by atoms with Crippen molar-refractivity contribution < 1.29 is 14.5 Å². The van der Waals surface area contributed by atoms with Gasteiger partial charge in [0.25, 0.3) is 11.6 Å². The summed E-state index contributed by atoms with van der Waals surface area (Å²) in [6.45, 7) is 5.62. The van der Waals surface area contributed by atoms with E-state index in [1.54, 1.807) is 19.1 Å². The Morgan fingerprint density at radius 1 is 1.03 bits per heavy atom. The maximum absolute atomic E-state index is 13.1. The first kappa shape index (κ1) is 23.7. The van der Waals surface area contributed by atoms with Crippen LogP contribution in [0.5, 0.6) is 5.75 Å². The van der Waals surface area contributed by atoms with Crippen LogP contribution in [0.2, 0.25) is 5.02 Å². The van der Waals surface area contributed by atoms with Crippen molar-refractivity contribution in [1.29, 1.82) is 0 Å². The van der Waals surface area contributed by atoms with E-state index in [-0.39, 0.29) is 18.2 Å². The lowest BCUT2D eigenvalue weighted by Gasteiger charge is -2.35. The average molecular weight is 480 g/mol. The molecule has 1 amide bonds. The number of rotatable bonds is 7. The summed E-state index contributed by atoms with van der Waals surface area (Å²) in [4.78, 5) is 27.8. The van der Waals surface area contributed by atoms with Crippen molar-refractivity contribution >= 4 is 23.2 Å². The number of hydrogen-bond donors (Lipinski definition) is 0. The minimum absolute atomic E-state index is 0.00502. The van der Waals surface area contributed by atoms with E-state index in [0.29, 0.717) is 30.0 Å². The molecule has 0 saturated carbocycles. The predicted molar refractivity (Wildman–Crippen MR) is 131 cm³/mol. The third-order valence-electron chi connectivity index (χ3n) is 5.96. The molecular formula is C26H26ClN3O4. The zero-order valence-electron chi connectivity index (χ0n) is 18.9. The van der Waals surface area contributed by atoms with E-state index in [1.165, 1.54) is 6.07 Å². The highest BCUT2D eigenvalue weighted by Gasteiger charge is 2.22. The summed E-state index contributed by atoms with van der Waals surface area (Å²) < 4.78 is 5.80. The maximum Gasteiger partial charge on any atom is 0.272 e. The van der Waals surface area contributed by atoms with Crippen LogP contribution in [-0.2, 0) is 13.2 Å². The minimum Gasteiger partial charge on any atom is -0.489 e. The van der Waals surface area contributed by atoms with E-state index in [9.17, 15) is 14.9 Å². The standard InChI is InChI=1S/C26H26ClN3O4/c1-19-15-23(9-10-25(19)30(32)33)34-18-20-5-4-7-21(16-20)26(31)29-13-11-28(12-14-29)17-22-6-2-3-8-24(22)27/h2-10,15-16H,11-14,17-18H2,1H3. The van der Waals surface area contributed by atoms with E-state index < -0.39 is 4.92 Å². The molecule has 0 radical (unpaired) electrons. The second kappa shape index (κ2) is 10.7. The fourth-order valence-electron chi connectivity index (χ4n) is 4.04. The van der Waals surface area contributed by atoms with Gasteiger partial charge in [-0.15, -0.1) is 0 Å². The van der Waals surface area contributed by atoms with Gasteiger partial charge < -0.3 is 9.64 Å². The molecule has 0 spiro atoms. The second-order valence-corrected chi connectivity index (χ2v) is 8.76. The Morgan fingerprint density at radius 3 is 2.50 bits per heavy atom. The van der Waals surface area contributed by atoms with E-state index in [1.807, 2.05) is 53.4 Å². The Labute approximate surface area is 203 Å². The molecule has 4 rings (SSSR count). The SMILES string of the molecule is Cc1cc(OCc2cccc(C(=O)N3CCN(Cc4ccccc4Cl)CC3)c2)ccc1[N+](=O)[O-]. The first-order valence-electron chi connectivity index (χ1n) is 11.1. The van der Waals surface area contributed by atoms with Crippen LogP contribution in [0.4, 0.5) is 5.69 Å². The molecule has 1 aliphatic rings. The van der Waals surface area contributed by atoms with Crippen LogP contribution in [-0.4, -0.2) is 46.8 Å². The number of nitro groups is 1. The quantitative estimate of drug-likeness (QED) is 0.348. The molecule has 1 aliphatic heterocycles. The van der Waals surface area contributed by atoms with Gasteiger partial charge in [-0.25, -0.2) is 0 Å². The van der Waals surface area contributed by atoms with Crippen molar-refractivity contribution in [1.82, 2.24) is 9.80 Å². The first-order chi connectivity index (χ1) is 16.4. The second-order valence-electron chi connectivity index (χ2n) is 8.35. The molecule has 0 unspecified atom stereocenters. The summed E-state index contributed by atoms with van der Waals surface area (Å²) in [5, 5.41) is 11.7. The third-order valence-corrected chi connectivity index (χ3v) is 6.32. The monoisotopic (exact) mass is 479 g/mol. The Morgan fingerprint density at radius 2 is 1.79 bits per heavy atom. The van der Waals surface area contributed by atoms with Gasteiger partial charge >= 0.3 is 0 Å². The first-order valence-corrected chi connectivity index (χ1v) is 11.5. The lowest BCUT2D eigenvalue weighted by molar-refractivity contribution is -0.385. The van der Waals surface area contributed by atoms with Crippen molar-refractivity contribution in [2.75, 3.05) is 26.2 Å². The van der Waals surface area contributed by atoms with Gasteiger partial charge in [-0.05, 0) is 48.4 Å². The molecule has 0 bridgehead atoms. The number of hydrogen-bond acceptors (Lipinski definition) is 5. The van der Waals surface area contributed by atoms with Gasteiger partial charge in [0.1, 0.15) is 12.4 Å². The molecule has 0 aromatic heterocycles. The lowest BCUT2D eigenvalue weighted by Crippen LogP contribution is -2.48. The van der Waals surface area contributed by atoms with Crippen LogP contribution >= 0.6 is 11.6 Å². The number of nitrogens with zero attached hydrogens (tertiary/aromatic N) is 3. The fourth-order valence-corrected chi connectivity index (χ4v) is 4.24. The molecule has 3 aromatic rings. The van der Waals surface area contributed by atoms with Crippen LogP contribution in [0.3, 0.4) is 0 Å². The largest absolute Gasteiger partial charge is 0.489 e. The number of carbonyl (C=O) groups is 1. The zero-order valence-corrected chi connectivity index (χ0v) is 19.7. The topological polar surface area (TPSA) is 75.9 Å². The third kappa shape index (κ3) is 5.73. The lowest BCUT2D eigenvalue weighted by atomic mass is 10.1. The number of halogens is 1. The minimum atomic E-state index is -0.412. The number of benzene rings is 3. The van der Waals surface area contributed by atoms with Crippen molar-refractivity contribution in [3.63, 3.8) is 0 Å². The van der Waals surface area contributed by atoms with Gasteiger partial charge in [0.15, 0.2) is 0 Å². The number of piperazine rings is 1. The molecule has 1 heterocycles. The van der Waals surface area contributed by atoms with Crippen molar-refractivity contribution in [2.45, 2.75) is 20.1 Å². The van der Waals surface area contributed by atoms with E-state index in [0.717, 1.165) is 35.8 Å². The van der Waals surface area contributed by atoms with Crippen molar-refractivity contribution in [3.8, 4) is 5.75 Å². The molecule has 0 N–H and O–H groups in total. The Kier molecular flexibility index (Phi) is 7.45. The van der Waals surface area contributed by atoms with Gasteiger partial charge in [0.05, 0.1) is 4.92 Å². The summed E-state index contributed by atoms with van der Waals surface area (Å²) in [6, 6.07) is 19.9. The highest BCUT2D eigenvalue weighted by atomic mass is 35.5. The van der Waals surface area contributed by atoms with Gasteiger partial charge in [-0.2, -0.15) is 0 Å². The summed E-state index contributed by atoms with van der Waals surface area (Å²) in [7, 11) is 0. The van der Waals surface area contributed by atoms with Crippen LogP contribution in [0, 0.1) is 17.0 Å². The number of amides is 1. The normalized spacial score (nSPS) is 14.1. The Hall–Kier alpha value is -3.42. The predicted octanol–water partition coefficient (Wildman–Crippen LogP) is 5.09. The van der Waals surface area contributed by atoms with E-state index in [4.69, 9.17) is 16.3 Å². The zero-order chi connectivity index (χ0) is 24.1. The van der Waals surface area contributed by atoms with Gasteiger partial charge in [0, 0.05) is 54.9 Å². The molecule has 1 saturated heterocycles. The summed E-state index contributed by atoms with van der Waals surface area (Å²) in [5.41, 5.74) is 3.19. The van der Waals surface area contributed by atoms with Crippen LogP contribution in [0.25, 0.3) is 0 Å². The number of aryl methyl sites for hydroxylation is 1. The molecule has 3 aromatic carbocycles. The number of ether oxygens (including phenoxy) is 1. The smallest absolute Gasteiger partial charge is 0.272 e. The molecule has 1 fully saturated rings. The summed E-state index contributed by atoms with van der Waals surface area (Å²) in [6.07, 6.45) is 0. The van der Waals surface area contributed by atoms with Gasteiger partial charge in [-0.1, -0.05) is 41.9 Å². The number of nitro benzene ring substituents is 1. The Balaban J connectivity index is 1.33. The average Bonchev–Trinajstić information content (AvgIpc) is 2.84. The molecular weight excluding hydrogens is 454 g/mol. The van der Waals surface area contributed by atoms with E-state index in [2.05, 4.69) is 4.90 Å². The molecule has 34 heavy (non-hydrogen) atoms. The van der Waals surface area contributed by atoms with E-state index >= 15 is 0 Å². The fraction of sp³-hybridized carbons (Fsp3) is 0.269. The Bertz CT molecular complexity index is 1190. The molecule has 0 atom stereocenters. The van der Waals surface area contributed by atoms with Crippen LogP contribution in [0.15, 0.2) is 66.7 Å². The molecule has 7 nitrogen and oxygen atoms in total. The molecule has 8 heteroatoms. The molecule has 0 aliphatic carbocycles. The summed E-state index contributed by atoms with van der Waals surface area (Å²) >= 11 is 6.28. The van der Waals surface area contributed by atoms with Gasteiger partial charge in [0.2, 0.25) is 0 Å². The maximum atomic E-state index is 13.1. The van der Waals surface area contributed by atoms with Gasteiger partial charge in [-0.3, -0.25) is 19.8 Å². The number of carbonyl (C=O) groups excluding carboxylic acids is 1. The molecule has 176 valence electrons.